The van der Waals surface area contributed by atoms with Crippen LogP contribution in [0.3, 0.4) is 0 Å². The van der Waals surface area contributed by atoms with Crippen LogP contribution in [0, 0.1) is 10.8 Å². The van der Waals surface area contributed by atoms with E-state index < -0.39 is 0 Å². The van der Waals surface area contributed by atoms with Crippen molar-refractivity contribution in [2.45, 2.75) is 0 Å². The van der Waals surface area contributed by atoms with Gasteiger partial charge in [0.05, 0.1) is 24.6 Å². The summed E-state index contributed by atoms with van der Waals surface area (Å²) in [7, 11) is 3.61. The first kappa shape index (κ1) is 19.7. The van der Waals surface area contributed by atoms with Gasteiger partial charge in [0, 0.05) is 56.3 Å². The van der Waals surface area contributed by atoms with E-state index in [0.29, 0.717) is 41.4 Å². The predicted molar refractivity (Wildman–Crippen MR) is 118 cm³/mol. The lowest BCUT2D eigenvalue weighted by atomic mass is 9.99. The monoisotopic (exact) mass is 406 g/mol. The lowest BCUT2D eigenvalue weighted by molar-refractivity contribution is 0.122. The van der Waals surface area contributed by atoms with Crippen LogP contribution >= 0.6 is 0 Å². The number of hydrogen-bond donors (Lipinski definition) is 4. The van der Waals surface area contributed by atoms with Gasteiger partial charge in [-0.2, -0.15) is 5.10 Å². The van der Waals surface area contributed by atoms with Crippen molar-refractivity contribution in [1.29, 1.82) is 10.8 Å². The highest BCUT2D eigenvalue weighted by atomic mass is 16.5. The topological polar surface area (TPSA) is 121 Å². The van der Waals surface area contributed by atoms with Gasteiger partial charge in [0.1, 0.15) is 5.49 Å². The molecule has 1 saturated heterocycles. The van der Waals surface area contributed by atoms with Gasteiger partial charge in [0.25, 0.3) is 0 Å². The molecule has 30 heavy (non-hydrogen) atoms. The third-order valence-electron chi connectivity index (χ3n) is 5.30. The van der Waals surface area contributed by atoms with Crippen molar-refractivity contribution in [1.82, 2.24) is 14.5 Å². The van der Waals surface area contributed by atoms with Crippen LogP contribution in [0.15, 0.2) is 42.6 Å². The molecule has 0 saturated carbocycles. The molecular weight excluding hydrogens is 380 g/mol. The van der Waals surface area contributed by atoms with Crippen LogP contribution in [-0.2, 0) is 11.8 Å². The van der Waals surface area contributed by atoms with Gasteiger partial charge in [0.2, 0.25) is 0 Å². The molecular formula is C21H26N8O. The van der Waals surface area contributed by atoms with Crippen LogP contribution in [0.4, 0.5) is 11.5 Å². The molecule has 0 amide bonds. The second kappa shape index (κ2) is 8.03. The van der Waals surface area contributed by atoms with Crippen molar-refractivity contribution in [2.75, 3.05) is 49.4 Å². The van der Waals surface area contributed by atoms with E-state index in [-0.39, 0.29) is 0 Å². The first-order valence-corrected chi connectivity index (χ1v) is 9.79. The third-order valence-corrected chi connectivity index (χ3v) is 5.30. The highest BCUT2D eigenvalue weighted by Crippen LogP contribution is 2.26. The van der Waals surface area contributed by atoms with Gasteiger partial charge in [-0.25, -0.2) is 4.68 Å². The Bertz CT molecular complexity index is 1140. The minimum Gasteiger partial charge on any atom is -0.398 e. The number of aryl methyl sites for hydroxylation is 1. The van der Waals surface area contributed by atoms with Gasteiger partial charge < -0.3 is 20.8 Å². The summed E-state index contributed by atoms with van der Waals surface area (Å²) < 4.78 is 8.77. The number of aromatic nitrogens is 3. The van der Waals surface area contributed by atoms with Crippen LogP contribution in [0.2, 0.25) is 0 Å². The van der Waals surface area contributed by atoms with Crippen LogP contribution < -0.4 is 21.5 Å². The van der Waals surface area contributed by atoms with E-state index >= 15 is 0 Å². The zero-order valence-corrected chi connectivity index (χ0v) is 17.1. The average Bonchev–Trinajstić information content (AvgIpc) is 3.16. The lowest BCUT2D eigenvalue weighted by Crippen LogP contribution is -2.36. The summed E-state index contributed by atoms with van der Waals surface area (Å²) >= 11 is 0. The Morgan fingerprint density at radius 3 is 2.60 bits per heavy atom. The third kappa shape index (κ3) is 3.67. The van der Waals surface area contributed by atoms with Gasteiger partial charge in [-0.05, 0) is 29.8 Å². The predicted octanol–water partition coefficient (Wildman–Crippen LogP) is 1.38. The highest BCUT2D eigenvalue weighted by Gasteiger charge is 2.19. The van der Waals surface area contributed by atoms with Crippen LogP contribution in [0.5, 0.6) is 0 Å². The Morgan fingerprint density at radius 1 is 1.13 bits per heavy atom. The minimum absolute atomic E-state index is 0.322. The summed E-state index contributed by atoms with van der Waals surface area (Å²) in [5.74, 6) is 0.844. The number of rotatable bonds is 5. The minimum atomic E-state index is 0.322. The molecule has 0 aliphatic carbocycles. The standard InChI is InChI=1S/C21H26N8O/c1-25-29-13-15(4-6-19(29)23)14-3-5-17(22)16(11-14)21(24)18-12-20(26-27(18)2)28-7-9-30-10-8-28/h3-6,11-13,23-25H,7-10,22H2,1-2H3. The number of pyridine rings is 1. The van der Waals surface area contributed by atoms with Crippen LogP contribution in [0.1, 0.15) is 11.3 Å². The normalized spacial score (nSPS) is 14.0. The molecule has 1 fully saturated rings. The highest BCUT2D eigenvalue weighted by molar-refractivity contribution is 6.13. The molecule has 3 heterocycles. The zero-order chi connectivity index (χ0) is 21.3. The van der Waals surface area contributed by atoms with Crippen molar-refractivity contribution in [3.05, 3.63) is 59.3 Å². The fourth-order valence-electron chi connectivity index (χ4n) is 3.58. The molecule has 0 unspecified atom stereocenters. The molecule has 1 aromatic carbocycles. The molecule has 9 nitrogen and oxygen atoms in total. The van der Waals surface area contributed by atoms with Gasteiger partial charge in [0.15, 0.2) is 5.82 Å². The smallest absolute Gasteiger partial charge is 0.151 e. The molecule has 3 aromatic rings. The molecule has 0 atom stereocenters. The SMILES string of the molecule is CNn1cc(-c2ccc(N)c(C(=N)c3cc(N4CCOCC4)nn3C)c2)ccc1=N. The Morgan fingerprint density at radius 2 is 1.87 bits per heavy atom. The number of hydrogen-bond acceptors (Lipinski definition) is 7. The Kier molecular flexibility index (Phi) is 5.28. The van der Waals surface area contributed by atoms with E-state index in [1.807, 2.05) is 43.6 Å². The van der Waals surface area contributed by atoms with Crippen molar-refractivity contribution in [3.63, 3.8) is 0 Å². The Labute approximate surface area is 174 Å². The summed E-state index contributed by atoms with van der Waals surface area (Å²) in [5.41, 5.74) is 13.6. The fourth-order valence-corrected chi connectivity index (χ4v) is 3.58. The molecule has 5 N–H and O–H groups in total. The molecule has 1 aliphatic rings. The van der Waals surface area contributed by atoms with Crippen molar-refractivity contribution >= 4 is 17.2 Å². The number of nitrogens with zero attached hydrogens (tertiary/aromatic N) is 4. The number of morpholine rings is 1. The largest absolute Gasteiger partial charge is 0.398 e. The molecule has 156 valence electrons. The van der Waals surface area contributed by atoms with Gasteiger partial charge in [-0.1, -0.05) is 6.07 Å². The lowest BCUT2D eigenvalue weighted by Gasteiger charge is -2.26. The van der Waals surface area contributed by atoms with E-state index in [1.54, 1.807) is 22.5 Å². The molecule has 0 spiro atoms. The Balaban J connectivity index is 1.69. The molecule has 2 aromatic heterocycles. The summed E-state index contributed by atoms with van der Waals surface area (Å²) in [6, 6.07) is 11.2. The molecule has 1 aliphatic heterocycles. The second-order valence-electron chi connectivity index (χ2n) is 7.18. The molecule has 0 bridgehead atoms. The molecule has 9 heteroatoms. The van der Waals surface area contributed by atoms with Gasteiger partial charge in [-0.15, -0.1) is 0 Å². The van der Waals surface area contributed by atoms with Crippen LogP contribution in [-0.4, -0.2) is 53.5 Å². The zero-order valence-electron chi connectivity index (χ0n) is 17.1. The summed E-state index contributed by atoms with van der Waals surface area (Å²) in [5, 5.41) is 21.3. The number of nitrogens with one attached hydrogen (secondary N) is 3. The van der Waals surface area contributed by atoms with E-state index in [0.717, 1.165) is 30.0 Å². The number of nitrogens with two attached hydrogens (primary N) is 1. The van der Waals surface area contributed by atoms with Crippen molar-refractivity contribution < 1.29 is 4.74 Å². The number of benzene rings is 1. The van der Waals surface area contributed by atoms with Gasteiger partial charge >= 0.3 is 0 Å². The number of anilines is 2. The Hall–Kier alpha value is -3.59. The van der Waals surface area contributed by atoms with Crippen molar-refractivity contribution in [3.8, 4) is 11.1 Å². The number of ether oxygens (including phenoxy) is 1. The number of nitrogen functional groups attached to an aromatic ring is 1. The van der Waals surface area contributed by atoms with Crippen molar-refractivity contribution in [2.24, 2.45) is 7.05 Å². The first-order valence-electron chi connectivity index (χ1n) is 9.79. The fraction of sp³-hybridized carbons (Fsp3) is 0.286. The molecule has 0 radical (unpaired) electrons. The molecule has 4 rings (SSSR count). The van der Waals surface area contributed by atoms with Gasteiger partial charge in [-0.3, -0.25) is 15.5 Å². The summed E-state index contributed by atoms with van der Waals surface area (Å²) in [6.07, 6.45) is 1.85. The van der Waals surface area contributed by atoms with E-state index in [9.17, 15) is 0 Å². The quantitative estimate of drug-likeness (QED) is 0.377. The maximum absolute atomic E-state index is 8.82. The average molecular weight is 406 g/mol. The van der Waals surface area contributed by atoms with Crippen LogP contribution in [0.25, 0.3) is 11.1 Å². The maximum atomic E-state index is 8.82. The van der Waals surface area contributed by atoms with E-state index in [4.69, 9.17) is 21.3 Å². The summed E-state index contributed by atoms with van der Waals surface area (Å²) in [6.45, 7) is 2.95. The van der Waals surface area contributed by atoms with E-state index in [2.05, 4.69) is 15.4 Å². The maximum Gasteiger partial charge on any atom is 0.151 e. The summed E-state index contributed by atoms with van der Waals surface area (Å²) in [4.78, 5) is 2.17. The van der Waals surface area contributed by atoms with E-state index in [1.165, 1.54) is 0 Å². The first-order chi connectivity index (χ1) is 14.5. The second-order valence-corrected chi connectivity index (χ2v) is 7.18.